The average Bonchev–Trinajstić information content (AvgIpc) is 3.01. The minimum absolute atomic E-state index is 0.115. The van der Waals surface area contributed by atoms with Gasteiger partial charge in [0.15, 0.2) is 23.3 Å². The Morgan fingerprint density at radius 3 is 2.67 bits per heavy atom. The van der Waals surface area contributed by atoms with Crippen LogP contribution in [0.2, 0.25) is 0 Å². The van der Waals surface area contributed by atoms with Crippen LogP contribution in [0.3, 0.4) is 0 Å². The second kappa shape index (κ2) is 5.60. The van der Waals surface area contributed by atoms with Crippen LogP contribution in [0.1, 0.15) is 5.82 Å². The average molecular weight is 363 g/mol. The topological polar surface area (TPSA) is 217 Å². The largest absolute Gasteiger partial charge is 0.388 e. The number of rotatable bonds is 4. The summed E-state index contributed by atoms with van der Waals surface area (Å²) in [6, 6.07) is 0. The molecular weight excluding hydrogens is 349 g/mol. The molecule has 2 aromatic heterocycles. The standard InChI is InChI=1S/C10H14N5O8P/c11-9-14-6-4(7(18)15-9)12-8(13-6)10(23-2-24(19,20)21)5(17)3(16)1-22-10/h3,5,16-17H,1-2H2,(H2,19,20,21)(H4,11,12,13,14,15,18)/t3-,5-,10+/m1/s1. The van der Waals surface area contributed by atoms with Crippen molar-refractivity contribution in [3.63, 3.8) is 0 Å². The maximum Gasteiger partial charge on any atom is 0.351 e. The normalized spacial score (nSPS) is 27.8. The maximum atomic E-state index is 11.8. The van der Waals surface area contributed by atoms with Crippen molar-refractivity contribution < 1.29 is 34.0 Å². The van der Waals surface area contributed by atoms with E-state index < -0.39 is 37.5 Å². The van der Waals surface area contributed by atoms with Crippen LogP contribution in [-0.4, -0.2) is 65.1 Å². The van der Waals surface area contributed by atoms with Gasteiger partial charge >= 0.3 is 7.60 Å². The van der Waals surface area contributed by atoms with Crippen molar-refractivity contribution in [1.82, 2.24) is 19.9 Å². The van der Waals surface area contributed by atoms with Crippen molar-refractivity contribution in [3.05, 3.63) is 16.2 Å². The summed E-state index contributed by atoms with van der Waals surface area (Å²) in [5.41, 5.74) is 4.51. The maximum absolute atomic E-state index is 11.8. The number of aromatic nitrogens is 4. The lowest BCUT2D eigenvalue weighted by Crippen LogP contribution is -2.44. The zero-order valence-corrected chi connectivity index (χ0v) is 12.8. The number of nitrogens with zero attached hydrogens (tertiary/aromatic N) is 2. The molecule has 0 bridgehead atoms. The van der Waals surface area contributed by atoms with Crippen molar-refractivity contribution >= 4 is 24.7 Å². The highest BCUT2D eigenvalue weighted by Gasteiger charge is 2.55. The number of aliphatic hydroxyl groups is 2. The quantitative estimate of drug-likeness (QED) is 0.277. The van der Waals surface area contributed by atoms with Crippen LogP contribution in [0.25, 0.3) is 11.2 Å². The van der Waals surface area contributed by atoms with Crippen LogP contribution in [0, 0.1) is 0 Å². The van der Waals surface area contributed by atoms with Gasteiger partial charge in [0.2, 0.25) is 5.95 Å². The monoisotopic (exact) mass is 363 g/mol. The number of nitrogens with one attached hydrogen (secondary N) is 2. The molecule has 1 fully saturated rings. The summed E-state index contributed by atoms with van der Waals surface area (Å²) in [5, 5.41) is 19.9. The Labute approximate surface area is 132 Å². The Kier molecular flexibility index (Phi) is 3.96. The van der Waals surface area contributed by atoms with Gasteiger partial charge in [0.05, 0.1) is 6.61 Å². The molecule has 0 spiro atoms. The molecule has 0 amide bonds. The molecule has 24 heavy (non-hydrogen) atoms. The van der Waals surface area contributed by atoms with Gasteiger partial charge in [-0.3, -0.25) is 14.3 Å². The van der Waals surface area contributed by atoms with E-state index in [1.54, 1.807) is 0 Å². The number of fused-ring (bicyclic) bond motifs is 1. The van der Waals surface area contributed by atoms with Crippen molar-refractivity contribution in [2.45, 2.75) is 18.0 Å². The van der Waals surface area contributed by atoms with Gasteiger partial charge in [-0.05, 0) is 0 Å². The van der Waals surface area contributed by atoms with E-state index in [0.29, 0.717) is 0 Å². The minimum Gasteiger partial charge on any atom is -0.388 e. The summed E-state index contributed by atoms with van der Waals surface area (Å²) in [6.45, 7) is -0.384. The third-order valence-corrected chi connectivity index (χ3v) is 3.84. The third kappa shape index (κ3) is 2.82. The predicted molar refractivity (Wildman–Crippen MR) is 76.6 cm³/mol. The molecule has 3 heterocycles. The lowest BCUT2D eigenvalue weighted by Gasteiger charge is -2.29. The number of ether oxygens (including phenoxy) is 2. The number of nitrogens with two attached hydrogens (primary N) is 1. The minimum atomic E-state index is -4.62. The van der Waals surface area contributed by atoms with Crippen LogP contribution >= 0.6 is 7.60 Å². The van der Waals surface area contributed by atoms with E-state index >= 15 is 0 Å². The number of nitrogen functional groups attached to an aromatic ring is 1. The first kappa shape index (κ1) is 17.0. The van der Waals surface area contributed by atoms with Crippen LogP contribution < -0.4 is 11.3 Å². The van der Waals surface area contributed by atoms with Crippen molar-refractivity contribution in [2.75, 3.05) is 18.7 Å². The molecule has 1 saturated heterocycles. The molecule has 1 aliphatic rings. The van der Waals surface area contributed by atoms with Gasteiger partial charge in [-0.1, -0.05) is 0 Å². The van der Waals surface area contributed by atoms with E-state index in [2.05, 4.69) is 19.9 Å². The molecule has 132 valence electrons. The van der Waals surface area contributed by atoms with E-state index in [0.717, 1.165) is 0 Å². The molecule has 3 atom stereocenters. The van der Waals surface area contributed by atoms with E-state index in [1.807, 2.05) is 0 Å². The first-order chi connectivity index (χ1) is 11.1. The fourth-order valence-electron chi connectivity index (χ4n) is 2.31. The van der Waals surface area contributed by atoms with Crippen LogP contribution in [-0.2, 0) is 19.8 Å². The summed E-state index contributed by atoms with van der Waals surface area (Å²) in [7, 11) is -4.62. The summed E-state index contributed by atoms with van der Waals surface area (Å²) in [6.07, 6.45) is -4.23. The predicted octanol–water partition coefficient (Wildman–Crippen LogP) is -2.72. The molecular formula is C10H14N5O8P. The highest BCUT2D eigenvalue weighted by atomic mass is 31.2. The highest BCUT2D eigenvalue weighted by molar-refractivity contribution is 7.51. The van der Waals surface area contributed by atoms with E-state index in [1.165, 1.54) is 0 Å². The number of hydrogen-bond donors (Lipinski definition) is 7. The Morgan fingerprint density at radius 1 is 1.38 bits per heavy atom. The van der Waals surface area contributed by atoms with Gasteiger partial charge in [0.1, 0.15) is 12.2 Å². The van der Waals surface area contributed by atoms with Gasteiger partial charge in [-0.15, -0.1) is 0 Å². The third-order valence-electron chi connectivity index (χ3n) is 3.38. The van der Waals surface area contributed by atoms with Gasteiger partial charge in [0, 0.05) is 0 Å². The zero-order chi connectivity index (χ0) is 17.7. The van der Waals surface area contributed by atoms with Crippen LogP contribution in [0.4, 0.5) is 5.95 Å². The van der Waals surface area contributed by atoms with Gasteiger partial charge in [0.25, 0.3) is 11.3 Å². The second-order valence-electron chi connectivity index (χ2n) is 5.16. The molecule has 2 aromatic rings. The summed E-state index contributed by atoms with van der Waals surface area (Å²) >= 11 is 0. The van der Waals surface area contributed by atoms with Gasteiger partial charge < -0.3 is 40.2 Å². The van der Waals surface area contributed by atoms with Crippen LogP contribution in [0.5, 0.6) is 0 Å². The summed E-state index contributed by atoms with van der Waals surface area (Å²) in [4.78, 5) is 42.3. The molecule has 3 rings (SSSR count). The molecule has 14 heteroatoms. The number of H-pyrrole nitrogens is 2. The Morgan fingerprint density at radius 2 is 2.08 bits per heavy atom. The number of aromatic amines is 2. The van der Waals surface area contributed by atoms with E-state index in [9.17, 15) is 19.6 Å². The molecule has 0 radical (unpaired) electrons. The lowest BCUT2D eigenvalue weighted by atomic mass is 10.1. The van der Waals surface area contributed by atoms with Crippen LogP contribution in [0.15, 0.2) is 4.79 Å². The number of aliphatic hydroxyl groups excluding tert-OH is 2. The molecule has 1 aliphatic heterocycles. The van der Waals surface area contributed by atoms with Crippen molar-refractivity contribution in [2.24, 2.45) is 0 Å². The van der Waals surface area contributed by atoms with Crippen molar-refractivity contribution in [1.29, 1.82) is 0 Å². The molecule has 0 saturated carbocycles. The highest BCUT2D eigenvalue weighted by Crippen LogP contribution is 2.42. The van der Waals surface area contributed by atoms with Gasteiger partial charge in [-0.25, -0.2) is 4.98 Å². The fourth-order valence-corrected chi connectivity index (χ4v) is 2.67. The molecule has 0 unspecified atom stereocenters. The first-order valence-corrected chi connectivity index (χ1v) is 8.37. The Balaban J connectivity index is 2.11. The van der Waals surface area contributed by atoms with E-state index in [4.69, 9.17) is 25.0 Å². The number of hydrogen-bond acceptors (Lipinski definition) is 9. The second-order valence-corrected chi connectivity index (χ2v) is 6.75. The first-order valence-electron chi connectivity index (χ1n) is 6.57. The SMILES string of the molecule is Nc1nc2nc([C@]3(OCP(=O)(O)O)OC[C@@H](O)[C@H]3O)[nH]c2c(=O)[nH]1. The Hall–Kier alpha value is -1.86. The fraction of sp³-hybridized carbons (Fsp3) is 0.500. The molecule has 13 nitrogen and oxygen atoms in total. The molecule has 0 aromatic carbocycles. The molecule has 8 N–H and O–H groups in total. The number of imidazole rings is 1. The number of anilines is 1. The summed E-state index contributed by atoms with van der Waals surface area (Å²) < 4.78 is 21.4. The Bertz CT molecular complexity index is 876. The van der Waals surface area contributed by atoms with Gasteiger partial charge in [-0.2, -0.15) is 4.98 Å². The summed E-state index contributed by atoms with van der Waals surface area (Å²) in [5.74, 6) is -2.70. The zero-order valence-electron chi connectivity index (χ0n) is 11.9. The lowest BCUT2D eigenvalue weighted by molar-refractivity contribution is -0.254. The van der Waals surface area contributed by atoms with Crippen molar-refractivity contribution in [3.8, 4) is 0 Å². The molecule has 0 aliphatic carbocycles. The van der Waals surface area contributed by atoms with E-state index in [-0.39, 0.29) is 29.5 Å². The smallest absolute Gasteiger partial charge is 0.351 e.